The van der Waals surface area contributed by atoms with Gasteiger partial charge in [-0.2, -0.15) is 0 Å². The molecule has 0 saturated carbocycles. The number of carbonyl (C=O) groups is 1. The normalized spacial score (nSPS) is 11.2. The van der Waals surface area contributed by atoms with Gasteiger partial charge in [-0.1, -0.05) is 32.9 Å². The van der Waals surface area contributed by atoms with E-state index in [-0.39, 0.29) is 17.9 Å². The van der Waals surface area contributed by atoms with Crippen molar-refractivity contribution in [2.75, 3.05) is 18.5 Å². The van der Waals surface area contributed by atoms with Crippen LogP contribution in [0.2, 0.25) is 0 Å². The van der Waals surface area contributed by atoms with Crippen molar-refractivity contribution in [2.24, 2.45) is 0 Å². The van der Waals surface area contributed by atoms with Gasteiger partial charge in [0.15, 0.2) is 0 Å². The van der Waals surface area contributed by atoms with Crippen LogP contribution in [0.5, 0.6) is 0 Å². The lowest BCUT2D eigenvalue weighted by Crippen LogP contribution is -2.18. The fourth-order valence-electron chi connectivity index (χ4n) is 1.66. The molecule has 0 radical (unpaired) electrons. The van der Waals surface area contributed by atoms with E-state index >= 15 is 0 Å². The Labute approximate surface area is 110 Å². The van der Waals surface area contributed by atoms with Crippen LogP contribution in [0.4, 0.5) is 5.69 Å². The van der Waals surface area contributed by atoms with Crippen molar-refractivity contribution in [3.05, 3.63) is 29.3 Å². The number of aryl methyl sites for hydroxylation is 1. The first-order valence-corrected chi connectivity index (χ1v) is 6.35. The molecule has 0 aliphatic carbocycles. The standard InChI is InChI=1S/C15H23NO2/c1-6-18-14(17)10-16-13-9-12(15(3,4)5)8-7-11(13)2/h7-9,16H,6,10H2,1-5H3. The summed E-state index contributed by atoms with van der Waals surface area (Å²) in [5, 5.41) is 3.14. The van der Waals surface area contributed by atoms with Gasteiger partial charge in [-0.05, 0) is 36.5 Å². The first kappa shape index (κ1) is 14.6. The highest BCUT2D eigenvalue weighted by molar-refractivity contribution is 5.75. The van der Waals surface area contributed by atoms with Gasteiger partial charge in [-0.25, -0.2) is 0 Å². The maximum Gasteiger partial charge on any atom is 0.325 e. The van der Waals surface area contributed by atoms with Gasteiger partial charge in [0, 0.05) is 5.69 Å². The summed E-state index contributed by atoms with van der Waals surface area (Å²) in [6.07, 6.45) is 0. The van der Waals surface area contributed by atoms with E-state index in [1.165, 1.54) is 5.56 Å². The second kappa shape index (κ2) is 5.89. The molecule has 0 heterocycles. The predicted octanol–water partition coefficient (Wildman–Crippen LogP) is 3.27. The monoisotopic (exact) mass is 249 g/mol. The Kier molecular flexibility index (Phi) is 4.76. The van der Waals surface area contributed by atoms with E-state index in [4.69, 9.17) is 4.74 Å². The largest absolute Gasteiger partial charge is 0.465 e. The molecule has 0 aliphatic heterocycles. The van der Waals surface area contributed by atoms with Crippen molar-refractivity contribution in [3.8, 4) is 0 Å². The van der Waals surface area contributed by atoms with Crippen LogP contribution in [0, 0.1) is 6.92 Å². The zero-order valence-electron chi connectivity index (χ0n) is 12.0. The summed E-state index contributed by atoms with van der Waals surface area (Å²) in [4.78, 5) is 11.3. The Balaban J connectivity index is 2.79. The highest BCUT2D eigenvalue weighted by Crippen LogP contribution is 2.26. The summed E-state index contributed by atoms with van der Waals surface area (Å²) in [5.74, 6) is -0.224. The molecule has 100 valence electrons. The highest BCUT2D eigenvalue weighted by Gasteiger charge is 2.14. The van der Waals surface area contributed by atoms with Crippen molar-refractivity contribution in [1.29, 1.82) is 0 Å². The van der Waals surface area contributed by atoms with Gasteiger partial charge in [0.2, 0.25) is 0 Å². The van der Waals surface area contributed by atoms with Crippen LogP contribution < -0.4 is 5.32 Å². The molecule has 18 heavy (non-hydrogen) atoms. The fraction of sp³-hybridized carbons (Fsp3) is 0.533. The lowest BCUT2D eigenvalue weighted by molar-refractivity contribution is -0.140. The Morgan fingerprint density at radius 1 is 1.33 bits per heavy atom. The van der Waals surface area contributed by atoms with Gasteiger partial charge in [0.25, 0.3) is 0 Å². The van der Waals surface area contributed by atoms with Gasteiger partial charge in [0.05, 0.1) is 6.61 Å². The summed E-state index contributed by atoms with van der Waals surface area (Å²) in [5.41, 5.74) is 3.48. The summed E-state index contributed by atoms with van der Waals surface area (Å²) in [6.45, 7) is 11.0. The highest BCUT2D eigenvalue weighted by atomic mass is 16.5. The third-order valence-corrected chi connectivity index (χ3v) is 2.83. The Bertz CT molecular complexity index is 419. The number of esters is 1. The molecule has 1 aromatic rings. The molecular weight excluding hydrogens is 226 g/mol. The van der Waals surface area contributed by atoms with Crippen LogP contribution in [0.15, 0.2) is 18.2 Å². The van der Waals surface area contributed by atoms with E-state index in [2.05, 4.69) is 44.3 Å². The maximum atomic E-state index is 11.3. The minimum atomic E-state index is -0.224. The molecule has 1 N–H and O–H groups in total. The van der Waals surface area contributed by atoms with Crippen LogP contribution in [-0.2, 0) is 14.9 Å². The van der Waals surface area contributed by atoms with Crippen molar-refractivity contribution < 1.29 is 9.53 Å². The Morgan fingerprint density at radius 3 is 2.56 bits per heavy atom. The van der Waals surface area contributed by atoms with Crippen LogP contribution in [0.3, 0.4) is 0 Å². The quantitative estimate of drug-likeness (QED) is 0.832. The van der Waals surface area contributed by atoms with Gasteiger partial charge < -0.3 is 10.1 Å². The molecule has 0 spiro atoms. The minimum Gasteiger partial charge on any atom is -0.465 e. The van der Waals surface area contributed by atoms with Crippen LogP contribution in [0.25, 0.3) is 0 Å². The number of anilines is 1. The predicted molar refractivity (Wildman–Crippen MR) is 75.0 cm³/mol. The van der Waals surface area contributed by atoms with Gasteiger partial charge in [0.1, 0.15) is 6.54 Å². The minimum absolute atomic E-state index is 0.105. The van der Waals surface area contributed by atoms with E-state index in [0.29, 0.717) is 6.61 Å². The summed E-state index contributed by atoms with van der Waals surface area (Å²) >= 11 is 0. The zero-order chi connectivity index (χ0) is 13.8. The number of ether oxygens (including phenoxy) is 1. The van der Waals surface area contributed by atoms with Crippen LogP contribution in [0.1, 0.15) is 38.8 Å². The molecule has 3 heteroatoms. The summed E-state index contributed by atoms with van der Waals surface area (Å²) in [6, 6.07) is 6.31. The number of hydrogen-bond acceptors (Lipinski definition) is 3. The molecule has 1 rings (SSSR count). The molecule has 0 atom stereocenters. The average molecular weight is 249 g/mol. The SMILES string of the molecule is CCOC(=O)CNc1cc(C(C)(C)C)ccc1C. The second-order valence-corrected chi connectivity index (χ2v) is 5.44. The van der Waals surface area contributed by atoms with E-state index in [1.54, 1.807) is 0 Å². The van der Waals surface area contributed by atoms with E-state index in [0.717, 1.165) is 11.3 Å². The van der Waals surface area contributed by atoms with Crippen LogP contribution in [-0.4, -0.2) is 19.1 Å². The molecule has 1 aromatic carbocycles. The zero-order valence-corrected chi connectivity index (χ0v) is 12.0. The molecule has 0 fully saturated rings. The van der Waals surface area contributed by atoms with E-state index in [1.807, 2.05) is 13.8 Å². The molecule has 0 aromatic heterocycles. The number of carbonyl (C=O) groups excluding carboxylic acids is 1. The van der Waals surface area contributed by atoms with Gasteiger partial charge in [-0.3, -0.25) is 4.79 Å². The third kappa shape index (κ3) is 4.06. The lowest BCUT2D eigenvalue weighted by atomic mass is 9.86. The topological polar surface area (TPSA) is 38.3 Å². The van der Waals surface area contributed by atoms with E-state index in [9.17, 15) is 4.79 Å². The van der Waals surface area contributed by atoms with Crippen LogP contribution >= 0.6 is 0 Å². The molecule has 0 unspecified atom stereocenters. The first-order valence-electron chi connectivity index (χ1n) is 6.35. The summed E-state index contributed by atoms with van der Waals surface area (Å²) in [7, 11) is 0. The number of hydrogen-bond donors (Lipinski definition) is 1. The molecule has 3 nitrogen and oxygen atoms in total. The van der Waals surface area contributed by atoms with Crippen molar-refractivity contribution in [2.45, 2.75) is 40.0 Å². The molecule has 0 bridgehead atoms. The van der Waals surface area contributed by atoms with Gasteiger partial charge >= 0.3 is 5.97 Å². The Morgan fingerprint density at radius 2 is 2.00 bits per heavy atom. The smallest absolute Gasteiger partial charge is 0.325 e. The maximum absolute atomic E-state index is 11.3. The van der Waals surface area contributed by atoms with Crippen molar-refractivity contribution in [1.82, 2.24) is 0 Å². The second-order valence-electron chi connectivity index (χ2n) is 5.44. The molecular formula is C15H23NO2. The number of benzene rings is 1. The van der Waals surface area contributed by atoms with Crippen molar-refractivity contribution >= 4 is 11.7 Å². The summed E-state index contributed by atoms with van der Waals surface area (Å²) < 4.78 is 4.90. The fourth-order valence-corrected chi connectivity index (χ4v) is 1.66. The van der Waals surface area contributed by atoms with Gasteiger partial charge in [-0.15, -0.1) is 0 Å². The van der Waals surface area contributed by atoms with E-state index < -0.39 is 0 Å². The lowest BCUT2D eigenvalue weighted by Gasteiger charge is -2.21. The average Bonchev–Trinajstić information content (AvgIpc) is 2.26. The number of rotatable bonds is 4. The Hall–Kier alpha value is -1.51. The molecule has 0 aliphatic rings. The molecule has 0 saturated heterocycles. The van der Waals surface area contributed by atoms with Crippen molar-refractivity contribution in [3.63, 3.8) is 0 Å². The first-order chi connectivity index (χ1) is 8.34. The number of nitrogens with one attached hydrogen (secondary N) is 1. The third-order valence-electron chi connectivity index (χ3n) is 2.83. The molecule has 0 amide bonds.